The minimum Gasteiger partial charge on any atom is -0.461 e. The Morgan fingerprint density at radius 3 is 3.00 bits per heavy atom. The third-order valence-corrected chi connectivity index (χ3v) is 4.25. The van der Waals surface area contributed by atoms with E-state index >= 15 is 0 Å². The molecule has 3 heteroatoms. The zero-order valence-corrected chi connectivity index (χ0v) is 9.85. The Labute approximate surface area is 100 Å². The molecular weight excluding hydrogens is 216 g/mol. The Kier molecular flexibility index (Phi) is 2.26. The number of hydrogen-bond acceptors (Lipinski definition) is 3. The van der Waals surface area contributed by atoms with Crippen LogP contribution < -0.4 is 0 Å². The maximum Gasteiger partial charge on any atom is 0.302 e. The predicted molar refractivity (Wildman–Crippen MR) is 62.7 cm³/mol. The van der Waals surface area contributed by atoms with Gasteiger partial charge < -0.3 is 9.84 Å². The topological polar surface area (TPSA) is 46.5 Å². The monoisotopic (exact) mass is 232 g/mol. The molecule has 3 atom stereocenters. The lowest BCUT2D eigenvalue weighted by Gasteiger charge is -2.34. The molecule has 1 N–H and O–H groups in total. The summed E-state index contributed by atoms with van der Waals surface area (Å²) in [6.07, 6.45) is 1.59. The molecule has 2 bridgehead atoms. The van der Waals surface area contributed by atoms with Gasteiger partial charge in [0, 0.05) is 6.92 Å². The molecule has 0 radical (unpaired) electrons. The molecule has 1 fully saturated rings. The van der Waals surface area contributed by atoms with Gasteiger partial charge >= 0.3 is 5.97 Å². The van der Waals surface area contributed by atoms with Crippen LogP contribution in [-0.4, -0.2) is 23.8 Å². The number of rotatable bonds is 2. The van der Waals surface area contributed by atoms with E-state index in [2.05, 4.69) is 12.1 Å². The highest BCUT2D eigenvalue weighted by atomic mass is 16.5. The van der Waals surface area contributed by atoms with Crippen molar-refractivity contribution < 1.29 is 14.6 Å². The maximum absolute atomic E-state index is 11.1. The van der Waals surface area contributed by atoms with Gasteiger partial charge in [-0.3, -0.25) is 4.79 Å². The van der Waals surface area contributed by atoms with Crippen LogP contribution >= 0.6 is 0 Å². The molecule has 1 saturated carbocycles. The van der Waals surface area contributed by atoms with Crippen LogP contribution in [0.1, 0.15) is 36.8 Å². The van der Waals surface area contributed by atoms with Gasteiger partial charge in [0.1, 0.15) is 6.10 Å². The largest absolute Gasteiger partial charge is 0.461 e. The fraction of sp³-hybridized carbons (Fsp3) is 0.500. The SMILES string of the molecule is CC(=O)OC1CC2CC1(CO)c1ccccc12. The molecule has 2 aliphatic rings. The summed E-state index contributed by atoms with van der Waals surface area (Å²) >= 11 is 0. The van der Waals surface area contributed by atoms with E-state index in [4.69, 9.17) is 4.74 Å². The van der Waals surface area contributed by atoms with Gasteiger partial charge in [-0.1, -0.05) is 24.3 Å². The van der Waals surface area contributed by atoms with Crippen molar-refractivity contribution in [2.24, 2.45) is 0 Å². The van der Waals surface area contributed by atoms with E-state index in [0.717, 1.165) is 12.8 Å². The first-order valence-electron chi connectivity index (χ1n) is 6.05. The molecule has 3 rings (SSSR count). The molecule has 1 aromatic carbocycles. The summed E-state index contributed by atoms with van der Waals surface area (Å²) < 4.78 is 5.40. The minimum atomic E-state index is -0.354. The Bertz CT molecular complexity index is 468. The Morgan fingerprint density at radius 2 is 2.29 bits per heavy atom. The summed E-state index contributed by atoms with van der Waals surface area (Å²) in [5, 5.41) is 9.78. The van der Waals surface area contributed by atoms with Crippen molar-refractivity contribution in [3.05, 3.63) is 35.4 Å². The van der Waals surface area contributed by atoms with Gasteiger partial charge in [0.25, 0.3) is 0 Å². The molecular formula is C14H16O3. The summed E-state index contributed by atoms with van der Waals surface area (Å²) in [4.78, 5) is 11.1. The van der Waals surface area contributed by atoms with E-state index in [1.54, 1.807) is 0 Å². The number of carbonyl (C=O) groups is 1. The van der Waals surface area contributed by atoms with Crippen LogP contribution in [0.2, 0.25) is 0 Å². The smallest absolute Gasteiger partial charge is 0.302 e. The number of carbonyl (C=O) groups excluding carboxylic acids is 1. The molecule has 0 amide bonds. The van der Waals surface area contributed by atoms with Crippen molar-refractivity contribution in [3.63, 3.8) is 0 Å². The van der Waals surface area contributed by atoms with Gasteiger partial charge in [0.2, 0.25) is 0 Å². The highest BCUT2D eigenvalue weighted by Crippen LogP contribution is 2.57. The first kappa shape index (κ1) is 10.8. The Morgan fingerprint density at radius 1 is 1.53 bits per heavy atom. The van der Waals surface area contributed by atoms with Gasteiger partial charge in [-0.25, -0.2) is 0 Å². The number of aliphatic hydroxyl groups is 1. The summed E-state index contributed by atoms with van der Waals surface area (Å²) in [5.74, 6) is 0.176. The van der Waals surface area contributed by atoms with Crippen molar-refractivity contribution in [1.82, 2.24) is 0 Å². The second-order valence-electron chi connectivity index (χ2n) is 5.14. The number of benzene rings is 1. The highest BCUT2D eigenvalue weighted by Gasteiger charge is 2.56. The van der Waals surface area contributed by atoms with Crippen LogP contribution in [-0.2, 0) is 14.9 Å². The molecule has 1 aromatic rings. The van der Waals surface area contributed by atoms with Crippen molar-refractivity contribution in [2.75, 3.05) is 6.61 Å². The van der Waals surface area contributed by atoms with E-state index < -0.39 is 0 Å². The zero-order valence-electron chi connectivity index (χ0n) is 9.85. The minimum absolute atomic E-state index is 0.0540. The molecule has 0 aliphatic heterocycles. The molecule has 90 valence electrons. The molecule has 3 unspecified atom stereocenters. The standard InChI is InChI=1S/C14H16O3/c1-9(16)17-13-6-10-7-14(13,8-15)12-5-3-2-4-11(10)12/h2-5,10,13,15H,6-8H2,1H3. The first-order chi connectivity index (χ1) is 8.17. The average molecular weight is 232 g/mol. The van der Waals surface area contributed by atoms with Gasteiger partial charge in [-0.15, -0.1) is 0 Å². The number of esters is 1. The Balaban J connectivity index is 2.04. The quantitative estimate of drug-likeness (QED) is 0.790. The molecule has 17 heavy (non-hydrogen) atoms. The van der Waals surface area contributed by atoms with Crippen LogP contribution in [0, 0.1) is 0 Å². The Hall–Kier alpha value is -1.35. The van der Waals surface area contributed by atoms with Crippen LogP contribution in [0.25, 0.3) is 0 Å². The third kappa shape index (κ3) is 1.35. The molecule has 0 spiro atoms. The molecule has 3 nitrogen and oxygen atoms in total. The predicted octanol–water partition coefficient (Wildman–Crippen LogP) is 1.74. The molecule has 0 saturated heterocycles. The fourth-order valence-corrected chi connectivity index (χ4v) is 3.58. The van der Waals surface area contributed by atoms with E-state index in [9.17, 15) is 9.90 Å². The number of ether oxygens (including phenoxy) is 1. The second-order valence-corrected chi connectivity index (χ2v) is 5.14. The van der Waals surface area contributed by atoms with Crippen molar-refractivity contribution in [3.8, 4) is 0 Å². The van der Waals surface area contributed by atoms with Crippen molar-refractivity contribution in [1.29, 1.82) is 0 Å². The van der Waals surface area contributed by atoms with Gasteiger partial charge in [0.05, 0.1) is 12.0 Å². The third-order valence-electron chi connectivity index (χ3n) is 4.25. The van der Waals surface area contributed by atoms with Crippen LogP contribution in [0.3, 0.4) is 0 Å². The number of fused-ring (bicyclic) bond motifs is 5. The van der Waals surface area contributed by atoms with E-state index in [-0.39, 0.29) is 24.1 Å². The van der Waals surface area contributed by atoms with Gasteiger partial charge in [-0.05, 0) is 29.9 Å². The average Bonchev–Trinajstić information content (AvgIpc) is 2.83. The number of hydrogen-bond donors (Lipinski definition) is 1. The lowest BCUT2D eigenvalue weighted by Crippen LogP contribution is -2.41. The zero-order chi connectivity index (χ0) is 12.0. The highest BCUT2D eigenvalue weighted by molar-refractivity contribution is 5.67. The second kappa shape index (κ2) is 3.57. The van der Waals surface area contributed by atoms with Crippen molar-refractivity contribution >= 4 is 5.97 Å². The summed E-state index contributed by atoms with van der Waals surface area (Å²) in [6, 6.07) is 8.20. The lowest BCUT2D eigenvalue weighted by atomic mass is 9.77. The fourth-order valence-electron chi connectivity index (χ4n) is 3.58. The van der Waals surface area contributed by atoms with Crippen LogP contribution in [0.15, 0.2) is 24.3 Å². The van der Waals surface area contributed by atoms with E-state index in [1.165, 1.54) is 18.1 Å². The van der Waals surface area contributed by atoms with Gasteiger partial charge in [-0.2, -0.15) is 0 Å². The summed E-state index contributed by atoms with van der Waals surface area (Å²) in [5.41, 5.74) is 2.14. The molecule has 2 aliphatic carbocycles. The lowest BCUT2D eigenvalue weighted by molar-refractivity contribution is -0.150. The van der Waals surface area contributed by atoms with E-state index in [0.29, 0.717) is 5.92 Å². The normalized spacial score (nSPS) is 33.5. The van der Waals surface area contributed by atoms with Gasteiger partial charge in [0.15, 0.2) is 0 Å². The number of aliphatic hydroxyl groups excluding tert-OH is 1. The van der Waals surface area contributed by atoms with E-state index in [1.807, 2.05) is 12.1 Å². The molecule has 0 aromatic heterocycles. The molecule has 0 heterocycles. The van der Waals surface area contributed by atoms with Crippen LogP contribution in [0.4, 0.5) is 0 Å². The van der Waals surface area contributed by atoms with Crippen molar-refractivity contribution in [2.45, 2.75) is 37.2 Å². The summed E-state index contributed by atoms with van der Waals surface area (Å²) in [7, 11) is 0. The first-order valence-corrected chi connectivity index (χ1v) is 6.05. The maximum atomic E-state index is 11.1. The summed E-state index contributed by atoms with van der Waals surface area (Å²) in [6.45, 7) is 1.49. The van der Waals surface area contributed by atoms with Crippen LogP contribution in [0.5, 0.6) is 0 Å².